The average molecular weight is 316 g/mol. The standard InChI is InChI=1S/C15H28N2O3S/c1-14(2,3)20-13(18)17-9-7-12(8-10-17)11-16-21(19)15(4,5)6/h11-12H,7-10H2,1-6H3/b16-11+. The summed E-state index contributed by atoms with van der Waals surface area (Å²) in [5.41, 5.74) is -0.459. The molecule has 1 saturated heterocycles. The summed E-state index contributed by atoms with van der Waals surface area (Å²) in [6.07, 6.45) is 3.22. The Labute approximate surface area is 130 Å². The molecule has 0 saturated carbocycles. The van der Waals surface area contributed by atoms with Crippen molar-refractivity contribution in [3.05, 3.63) is 0 Å². The number of hydrogen-bond donors (Lipinski definition) is 0. The van der Waals surface area contributed by atoms with E-state index in [1.54, 1.807) is 11.1 Å². The van der Waals surface area contributed by atoms with Crippen LogP contribution in [0.2, 0.25) is 0 Å². The lowest BCUT2D eigenvalue weighted by Gasteiger charge is -2.32. The molecule has 6 heteroatoms. The van der Waals surface area contributed by atoms with Gasteiger partial charge in [0.1, 0.15) is 16.6 Å². The topological polar surface area (TPSA) is 59.0 Å². The van der Waals surface area contributed by atoms with Gasteiger partial charge in [-0.25, -0.2) is 9.00 Å². The Kier molecular flexibility index (Phi) is 5.96. The van der Waals surface area contributed by atoms with Gasteiger partial charge in [0.25, 0.3) is 0 Å². The SMILES string of the molecule is CC(C)(C)OC(=O)N1CCC(/C=N/S(=O)C(C)(C)C)CC1. The molecule has 1 rings (SSSR count). The monoisotopic (exact) mass is 316 g/mol. The largest absolute Gasteiger partial charge is 0.444 e. The highest BCUT2D eigenvalue weighted by Gasteiger charge is 2.26. The van der Waals surface area contributed by atoms with Crippen LogP contribution >= 0.6 is 0 Å². The molecule has 122 valence electrons. The Morgan fingerprint density at radius 2 is 1.71 bits per heavy atom. The zero-order chi connectivity index (χ0) is 16.3. The van der Waals surface area contributed by atoms with Crippen LogP contribution in [-0.2, 0) is 15.7 Å². The van der Waals surface area contributed by atoms with E-state index in [9.17, 15) is 9.00 Å². The first-order chi connectivity index (χ1) is 9.49. The van der Waals surface area contributed by atoms with Crippen LogP contribution in [0.4, 0.5) is 4.79 Å². The fourth-order valence-corrected chi connectivity index (χ4v) is 2.46. The first-order valence-electron chi connectivity index (χ1n) is 7.43. The second-order valence-electron chi connectivity index (χ2n) is 7.42. The Bertz CT molecular complexity index is 414. The van der Waals surface area contributed by atoms with E-state index >= 15 is 0 Å². The summed E-state index contributed by atoms with van der Waals surface area (Å²) in [5, 5.41) is 0. The van der Waals surface area contributed by atoms with Crippen molar-refractivity contribution in [3.8, 4) is 0 Å². The van der Waals surface area contributed by atoms with E-state index in [0.29, 0.717) is 13.1 Å². The quantitative estimate of drug-likeness (QED) is 0.735. The van der Waals surface area contributed by atoms with E-state index in [1.165, 1.54) is 0 Å². The highest BCUT2D eigenvalue weighted by atomic mass is 32.2. The summed E-state index contributed by atoms with van der Waals surface area (Å²) in [5.74, 6) is 0.287. The van der Waals surface area contributed by atoms with Crippen LogP contribution in [0.3, 0.4) is 0 Å². The van der Waals surface area contributed by atoms with Crippen LogP contribution in [0.25, 0.3) is 0 Å². The molecule has 21 heavy (non-hydrogen) atoms. The number of amides is 1. The van der Waals surface area contributed by atoms with Gasteiger partial charge < -0.3 is 9.64 Å². The van der Waals surface area contributed by atoms with Crippen LogP contribution < -0.4 is 0 Å². The lowest BCUT2D eigenvalue weighted by molar-refractivity contribution is 0.0203. The Morgan fingerprint density at radius 3 is 2.14 bits per heavy atom. The number of carbonyl (C=O) groups excluding carboxylic acids is 1. The van der Waals surface area contributed by atoms with Crippen molar-refractivity contribution in [1.82, 2.24) is 4.90 Å². The van der Waals surface area contributed by atoms with Gasteiger partial charge in [0, 0.05) is 19.3 Å². The predicted molar refractivity (Wildman–Crippen MR) is 86.9 cm³/mol. The maximum Gasteiger partial charge on any atom is 0.410 e. The molecule has 1 heterocycles. The molecule has 1 aliphatic rings. The van der Waals surface area contributed by atoms with Crippen molar-refractivity contribution in [2.45, 2.75) is 64.7 Å². The zero-order valence-corrected chi connectivity index (χ0v) is 14.8. The summed E-state index contributed by atoms with van der Waals surface area (Å²) in [6.45, 7) is 12.6. The van der Waals surface area contributed by atoms with E-state index in [2.05, 4.69) is 4.40 Å². The molecule has 1 unspecified atom stereocenters. The van der Waals surface area contributed by atoms with Crippen LogP contribution in [0.1, 0.15) is 54.4 Å². The average Bonchev–Trinajstić information content (AvgIpc) is 2.33. The fourth-order valence-electron chi connectivity index (χ4n) is 1.86. The highest BCUT2D eigenvalue weighted by Crippen LogP contribution is 2.19. The number of hydrogen-bond acceptors (Lipinski definition) is 3. The van der Waals surface area contributed by atoms with Crippen LogP contribution in [0, 0.1) is 5.92 Å². The van der Waals surface area contributed by atoms with Gasteiger partial charge in [-0.2, -0.15) is 4.40 Å². The molecule has 0 N–H and O–H groups in total. The third-order valence-corrected chi connectivity index (χ3v) is 4.44. The molecule has 0 aromatic heterocycles. The molecular weight excluding hydrogens is 288 g/mol. The number of piperidine rings is 1. The molecular formula is C15H28N2O3S. The maximum atomic E-state index is 11.9. The lowest BCUT2D eigenvalue weighted by Crippen LogP contribution is -2.42. The highest BCUT2D eigenvalue weighted by molar-refractivity contribution is 7.85. The minimum absolute atomic E-state index is 0.254. The summed E-state index contributed by atoms with van der Waals surface area (Å²) in [6, 6.07) is 0. The van der Waals surface area contributed by atoms with E-state index < -0.39 is 16.6 Å². The van der Waals surface area contributed by atoms with Gasteiger partial charge in [-0.1, -0.05) is 0 Å². The minimum atomic E-state index is -1.21. The number of ether oxygens (including phenoxy) is 1. The van der Waals surface area contributed by atoms with Crippen LogP contribution in [-0.4, -0.2) is 44.9 Å². The van der Waals surface area contributed by atoms with Crippen molar-refractivity contribution in [1.29, 1.82) is 0 Å². The third kappa shape index (κ3) is 6.59. The maximum absolute atomic E-state index is 11.9. The first kappa shape index (κ1) is 18.1. The second-order valence-corrected chi connectivity index (χ2v) is 9.35. The zero-order valence-electron chi connectivity index (χ0n) is 14.0. The molecule has 1 fully saturated rings. The van der Waals surface area contributed by atoms with E-state index in [4.69, 9.17) is 4.74 Å². The van der Waals surface area contributed by atoms with E-state index in [0.717, 1.165) is 12.8 Å². The van der Waals surface area contributed by atoms with E-state index in [1.807, 2.05) is 41.5 Å². The van der Waals surface area contributed by atoms with E-state index in [-0.39, 0.29) is 16.8 Å². The Balaban J connectivity index is 2.44. The third-order valence-electron chi connectivity index (χ3n) is 3.08. The first-order valence-corrected chi connectivity index (χ1v) is 8.54. The van der Waals surface area contributed by atoms with Crippen molar-refractivity contribution >= 4 is 23.3 Å². The van der Waals surface area contributed by atoms with Gasteiger partial charge in [-0.15, -0.1) is 0 Å². The molecule has 5 nitrogen and oxygen atoms in total. The molecule has 0 aromatic carbocycles. The fraction of sp³-hybridized carbons (Fsp3) is 0.867. The Morgan fingerprint density at radius 1 is 1.19 bits per heavy atom. The predicted octanol–water partition coefficient (Wildman–Crippen LogP) is 3.17. The molecule has 0 radical (unpaired) electrons. The Hall–Kier alpha value is -0.910. The molecule has 1 amide bonds. The number of carbonyl (C=O) groups is 1. The summed E-state index contributed by atoms with van der Waals surface area (Å²) in [4.78, 5) is 13.7. The van der Waals surface area contributed by atoms with Crippen LogP contribution in [0.15, 0.2) is 4.40 Å². The van der Waals surface area contributed by atoms with Gasteiger partial charge in [0.15, 0.2) is 0 Å². The minimum Gasteiger partial charge on any atom is -0.444 e. The van der Waals surface area contributed by atoms with Crippen LogP contribution in [0.5, 0.6) is 0 Å². The second kappa shape index (κ2) is 6.90. The van der Waals surface area contributed by atoms with Crippen molar-refractivity contribution in [2.75, 3.05) is 13.1 Å². The molecule has 0 bridgehead atoms. The van der Waals surface area contributed by atoms with Crippen molar-refractivity contribution in [3.63, 3.8) is 0 Å². The summed E-state index contributed by atoms with van der Waals surface area (Å²) < 4.78 is 21.1. The molecule has 0 spiro atoms. The normalized spacial score (nSPS) is 19.8. The number of rotatable bonds is 2. The molecule has 0 aliphatic carbocycles. The van der Waals surface area contributed by atoms with Gasteiger partial charge in [-0.05, 0) is 60.3 Å². The summed E-state index contributed by atoms with van der Waals surface area (Å²) in [7, 11) is -1.21. The van der Waals surface area contributed by atoms with Crippen molar-refractivity contribution in [2.24, 2.45) is 10.3 Å². The van der Waals surface area contributed by atoms with Gasteiger partial charge in [0.2, 0.25) is 0 Å². The summed E-state index contributed by atoms with van der Waals surface area (Å²) >= 11 is 0. The molecule has 0 aromatic rings. The van der Waals surface area contributed by atoms with Gasteiger partial charge >= 0.3 is 6.09 Å². The number of likely N-dealkylation sites (tertiary alicyclic amines) is 1. The molecule has 1 aliphatic heterocycles. The number of nitrogens with zero attached hydrogens (tertiary/aromatic N) is 2. The van der Waals surface area contributed by atoms with Crippen molar-refractivity contribution < 1.29 is 13.7 Å². The van der Waals surface area contributed by atoms with Gasteiger partial charge in [0.05, 0.1) is 4.75 Å². The molecule has 1 atom stereocenters. The van der Waals surface area contributed by atoms with Gasteiger partial charge in [-0.3, -0.25) is 0 Å². The lowest BCUT2D eigenvalue weighted by atomic mass is 9.99. The smallest absolute Gasteiger partial charge is 0.410 e.